The quantitative estimate of drug-likeness (QED) is 0.737. The van der Waals surface area contributed by atoms with Crippen molar-refractivity contribution in [3.8, 4) is 0 Å². The Labute approximate surface area is 103 Å². The molecule has 0 bridgehead atoms. The molecule has 3 N–H and O–H groups in total. The van der Waals surface area contributed by atoms with Gasteiger partial charge in [0.2, 0.25) is 5.91 Å². The highest BCUT2D eigenvalue weighted by molar-refractivity contribution is 7.10. The first-order valence-electron chi connectivity index (χ1n) is 4.96. The summed E-state index contributed by atoms with van der Waals surface area (Å²) in [6.07, 6.45) is 1.47. The Hall–Kier alpha value is -1.66. The fourth-order valence-electron chi connectivity index (χ4n) is 1.34. The molecule has 0 spiro atoms. The third-order valence-corrected chi connectivity index (χ3v) is 3.06. The summed E-state index contributed by atoms with van der Waals surface area (Å²) >= 11 is 1.37. The molecule has 17 heavy (non-hydrogen) atoms. The number of aliphatic carboxylic acids is 1. The van der Waals surface area contributed by atoms with Crippen molar-refractivity contribution in [2.75, 3.05) is 13.1 Å². The van der Waals surface area contributed by atoms with Crippen LogP contribution in [0.3, 0.4) is 0 Å². The van der Waals surface area contributed by atoms with E-state index in [1.165, 1.54) is 22.3 Å². The second-order valence-corrected chi connectivity index (χ2v) is 4.37. The first-order valence-corrected chi connectivity index (χ1v) is 5.84. The van der Waals surface area contributed by atoms with Crippen molar-refractivity contribution in [2.24, 2.45) is 5.73 Å². The van der Waals surface area contributed by atoms with Gasteiger partial charge in [-0.25, -0.2) is 0 Å². The molecule has 0 aliphatic carbocycles. The van der Waals surface area contributed by atoms with Gasteiger partial charge in [0.1, 0.15) is 12.6 Å². The predicted octanol–water partition coefficient (Wildman–Crippen LogP) is 0.847. The second-order valence-electron chi connectivity index (χ2n) is 3.39. The van der Waals surface area contributed by atoms with Crippen LogP contribution in [0.2, 0.25) is 0 Å². The molecule has 1 aromatic rings. The van der Waals surface area contributed by atoms with Crippen LogP contribution in [0.5, 0.6) is 0 Å². The van der Waals surface area contributed by atoms with Crippen LogP contribution in [-0.2, 0) is 9.59 Å². The number of nitrogens with two attached hydrogens (primary N) is 1. The lowest BCUT2D eigenvalue weighted by Gasteiger charge is -2.22. The number of amides is 1. The highest BCUT2D eigenvalue weighted by atomic mass is 32.1. The number of carbonyl (C=O) groups excluding carboxylic acids is 1. The number of nitrogens with zero attached hydrogens (tertiary/aromatic N) is 1. The average Bonchev–Trinajstić information content (AvgIpc) is 2.79. The van der Waals surface area contributed by atoms with E-state index < -0.39 is 17.9 Å². The number of hydrogen-bond acceptors (Lipinski definition) is 4. The van der Waals surface area contributed by atoms with Gasteiger partial charge < -0.3 is 15.7 Å². The van der Waals surface area contributed by atoms with Crippen LogP contribution in [0.1, 0.15) is 10.9 Å². The Morgan fingerprint density at radius 1 is 1.65 bits per heavy atom. The van der Waals surface area contributed by atoms with Crippen molar-refractivity contribution in [3.05, 3.63) is 35.0 Å². The predicted molar refractivity (Wildman–Crippen MR) is 65.7 cm³/mol. The lowest BCUT2D eigenvalue weighted by atomic mass is 10.2. The maximum atomic E-state index is 12.0. The highest BCUT2D eigenvalue weighted by Crippen LogP contribution is 2.18. The molecule has 92 valence electrons. The van der Waals surface area contributed by atoms with Gasteiger partial charge in [-0.2, -0.15) is 0 Å². The van der Waals surface area contributed by atoms with Crippen LogP contribution < -0.4 is 5.73 Å². The van der Waals surface area contributed by atoms with Crippen molar-refractivity contribution in [2.45, 2.75) is 6.04 Å². The van der Waals surface area contributed by atoms with E-state index in [4.69, 9.17) is 10.8 Å². The van der Waals surface area contributed by atoms with Gasteiger partial charge in [-0.05, 0) is 11.4 Å². The van der Waals surface area contributed by atoms with E-state index in [1.54, 1.807) is 12.1 Å². The van der Waals surface area contributed by atoms with Gasteiger partial charge in [0.05, 0.1) is 0 Å². The first-order chi connectivity index (χ1) is 8.06. The largest absolute Gasteiger partial charge is 0.480 e. The minimum absolute atomic E-state index is 0.171. The normalized spacial score (nSPS) is 11.8. The van der Waals surface area contributed by atoms with Crippen LogP contribution in [0.4, 0.5) is 0 Å². The Morgan fingerprint density at radius 2 is 2.35 bits per heavy atom. The molecule has 0 saturated heterocycles. The summed E-state index contributed by atoms with van der Waals surface area (Å²) in [6, 6.07) is 2.73. The molecular formula is C11H14N2O3S. The van der Waals surface area contributed by atoms with E-state index in [-0.39, 0.29) is 13.1 Å². The van der Waals surface area contributed by atoms with Gasteiger partial charge in [0.25, 0.3) is 0 Å². The molecular weight excluding hydrogens is 240 g/mol. The molecule has 1 heterocycles. The molecule has 1 amide bonds. The minimum atomic E-state index is -1.07. The molecule has 6 heteroatoms. The highest BCUT2D eigenvalue weighted by Gasteiger charge is 2.23. The summed E-state index contributed by atoms with van der Waals surface area (Å²) < 4.78 is 0. The van der Waals surface area contributed by atoms with E-state index in [0.29, 0.717) is 0 Å². The van der Waals surface area contributed by atoms with Crippen LogP contribution in [0, 0.1) is 0 Å². The zero-order valence-corrected chi connectivity index (χ0v) is 10.0. The molecule has 1 aromatic heterocycles. The third-order valence-electron chi connectivity index (χ3n) is 2.10. The Kier molecular flexibility index (Phi) is 4.86. The summed E-state index contributed by atoms with van der Waals surface area (Å²) in [6.45, 7) is 3.29. The summed E-state index contributed by atoms with van der Waals surface area (Å²) in [5.74, 6) is -1.48. The molecule has 0 aliphatic rings. The fraction of sp³-hybridized carbons (Fsp3) is 0.273. The lowest BCUT2D eigenvalue weighted by Crippen LogP contribution is -2.41. The first kappa shape index (κ1) is 13.4. The van der Waals surface area contributed by atoms with E-state index in [0.717, 1.165) is 4.88 Å². The molecule has 0 aliphatic heterocycles. The van der Waals surface area contributed by atoms with Crippen molar-refractivity contribution in [1.82, 2.24) is 4.90 Å². The van der Waals surface area contributed by atoms with Crippen LogP contribution in [0.25, 0.3) is 0 Å². The van der Waals surface area contributed by atoms with E-state index >= 15 is 0 Å². The van der Waals surface area contributed by atoms with Gasteiger partial charge in [0.15, 0.2) is 0 Å². The smallest absolute Gasteiger partial charge is 0.323 e. The maximum Gasteiger partial charge on any atom is 0.323 e. The van der Waals surface area contributed by atoms with E-state index in [1.807, 2.05) is 5.38 Å². The van der Waals surface area contributed by atoms with Crippen LogP contribution >= 0.6 is 11.3 Å². The Balaban J connectivity index is 2.76. The molecule has 1 atom stereocenters. The van der Waals surface area contributed by atoms with Crippen molar-refractivity contribution < 1.29 is 14.7 Å². The molecule has 1 rings (SSSR count). The summed E-state index contributed by atoms with van der Waals surface area (Å²) in [5, 5.41) is 10.5. The van der Waals surface area contributed by atoms with Gasteiger partial charge >= 0.3 is 5.97 Å². The minimum Gasteiger partial charge on any atom is -0.480 e. The third kappa shape index (κ3) is 3.69. The van der Waals surface area contributed by atoms with E-state index in [9.17, 15) is 9.59 Å². The van der Waals surface area contributed by atoms with Crippen molar-refractivity contribution in [1.29, 1.82) is 0 Å². The molecule has 0 fully saturated rings. The summed E-state index contributed by atoms with van der Waals surface area (Å²) in [7, 11) is 0. The molecule has 0 aromatic carbocycles. The molecule has 0 radical (unpaired) electrons. The van der Waals surface area contributed by atoms with Gasteiger partial charge in [-0.3, -0.25) is 9.59 Å². The standard InChI is InChI=1S/C11H14N2O3S/c1-2-5-13(7-9(14)15)11(16)10(12)8-4-3-6-17-8/h2-4,6,10H,1,5,7,12H2,(H,14,15). The zero-order chi connectivity index (χ0) is 12.8. The average molecular weight is 254 g/mol. The number of carboxylic acid groups (broad SMARTS) is 1. The zero-order valence-electron chi connectivity index (χ0n) is 9.20. The number of carboxylic acids is 1. The number of carbonyl (C=O) groups is 2. The van der Waals surface area contributed by atoms with Gasteiger partial charge in [0, 0.05) is 11.4 Å². The maximum absolute atomic E-state index is 12.0. The van der Waals surface area contributed by atoms with Crippen LogP contribution in [-0.4, -0.2) is 35.0 Å². The Morgan fingerprint density at radius 3 is 2.82 bits per heavy atom. The molecule has 5 nitrogen and oxygen atoms in total. The number of rotatable bonds is 6. The fourth-order valence-corrected chi connectivity index (χ4v) is 2.06. The van der Waals surface area contributed by atoms with Crippen molar-refractivity contribution in [3.63, 3.8) is 0 Å². The topological polar surface area (TPSA) is 83.6 Å². The SMILES string of the molecule is C=CCN(CC(=O)O)C(=O)C(N)c1cccs1. The lowest BCUT2D eigenvalue weighted by molar-refractivity contribution is -0.144. The Bertz CT molecular complexity index is 403. The van der Waals surface area contributed by atoms with Gasteiger partial charge in [-0.1, -0.05) is 12.1 Å². The molecule has 1 unspecified atom stereocenters. The number of hydrogen-bond donors (Lipinski definition) is 2. The van der Waals surface area contributed by atoms with E-state index in [2.05, 4.69) is 6.58 Å². The number of thiophene rings is 1. The summed E-state index contributed by atoms with van der Waals surface area (Å²) in [5.41, 5.74) is 5.78. The second kappa shape index (κ2) is 6.17. The van der Waals surface area contributed by atoms with Gasteiger partial charge in [-0.15, -0.1) is 17.9 Å². The molecule has 0 saturated carbocycles. The summed E-state index contributed by atoms with van der Waals surface area (Å²) in [4.78, 5) is 24.5. The van der Waals surface area contributed by atoms with Crippen LogP contribution in [0.15, 0.2) is 30.2 Å². The van der Waals surface area contributed by atoms with Crippen molar-refractivity contribution >= 4 is 23.2 Å². The monoisotopic (exact) mass is 254 g/mol.